The van der Waals surface area contributed by atoms with E-state index in [0.717, 1.165) is 29.8 Å². The first-order chi connectivity index (χ1) is 10.2. The number of hydrogen-bond acceptors (Lipinski definition) is 5. The van der Waals surface area contributed by atoms with Gasteiger partial charge in [-0.3, -0.25) is 0 Å². The third-order valence-electron chi connectivity index (χ3n) is 3.87. The van der Waals surface area contributed by atoms with Crippen molar-refractivity contribution in [3.63, 3.8) is 0 Å². The topological polar surface area (TPSA) is 49.8 Å². The highest BCUT2D eigenvalue weighted by atomic mass is 32.2. The predicted octanol–water partition coefficient (Wildman–Crippen LogP) is 3.76. The van der Waals surface area contributed by atoms with Crippen molar-refractivity contribution in [1.82, 2.24) is 9.97 Å². The van der Waals surface area contributed by atoms with Crippen LogP contribution in [-0.4, -0.2) is 33.6 Å². The number of benzene rings is 1. The molecule has 1 saturated heterocycles. The Kier molecular flexibility index (Phi) is 4.19. The molecular weight excluding hydrogens is 280 g/mol. The van der Waals surface area contributed by atoms with E-state index in [1.165, 1.54) is 18.6 Å². The molecular formula is C16H22N4S. The molecule has 1 aromatic carbocycles. The minimum Gasteiger partial charge on any atom is -0.368 e. The lowest BCUT2D eigenvalue weighted by Crippen LogP contribution is -2.27. The Bertz CT molecular complexity index is 623. The smallest absolute Gasteiger partial charge is 0.225 e. The summed E-state index contributed by atoms with van der Waals surface area (Å²) in [5, 5.41) is 7.86. The highest BCUT2D eigenvalue weighted by molar-refractivity contribution is 8.00. The molecule has 0 aliphatic carbocycles. The minimum absolute atomic E-state index is 0.324. The average molecular weight is 302 g/mol. The van der Waals surface area contributed by atoms with Gasteiger partial charge in [-0.25, -0.2) is 4.98 Å². The van der Waals surface area contributed by atoms with Crippen molar-refractivity contribution in [2.45, 2.75) is 31.4 Å². The van der Waals surface area contributed by atoms with E-state index in [2.05, 4.69) is 52.3 Å². The first-order valence-electron chi connectivity index (χ1n) is 7.59. The fourth-order valence-corrected chi connectivity index (χ4v) is 3.94. The lowest BCUT2D eigenvalue weighted by molar-refractivity contribution is 0.634. The number of aromatic nitrogens is 2. The fourth-order valence-electron chi connectivity index (χ4n) is 2.70. The molecule has 0 spiro atoms. The van der Waals surface area contributed by atoms with Crippen LogP contribution in [0.3, 0.4) is 0 Å². The summed E-state index contributed by atoms with van der Waals surface area (Å²) < 4.78 is 0.324. The Morgan fingerprint density at radius 2 is 2.10 bits per heavy atom. The number of nitrogens with one attached hydrogen (secondary N) is 2. The van der Waals surface area contributed by atoms with Gasteiger partial charge in [-0.2, -0.15) is 16.7 Å². The van der Waals surface area contributed by atoms with E-state index in [-0.39, 0.29) is 0 Å². The van der Waals surface area contributed by atoms with Crippen molar-refractivity contribution < 1.29 is 0 Å². The lowest BCUT2D eigenvalue weighted by Gasteiger charge is -2.23. The second-order valence-electron chi connectivity index (χ2n) is 5.70. The number of hydrogen-bond donors (Lipinski definition) is 2. The molecule has 2 N–H and O–H groups in total. The maximum atomic E-state index is 4.64. The van der Waals surface area contributed by atoms with Crippen LogP contribution in [0.2, 0.25) is 0 Å². The molecule has 1 unspecified atom stereocenters. The summed E-state index contributed by atoms with van der Waals surface area (Å²) >= 11 is 2.06. The van der Waals surface area contributed by atoms with Crippen LogP contribution >= 0.6 is 11.8 Å². The second kappa shape index (κ2) is 6.10. The zero-order chi connectivity index (χ0) is 14.7. The summed E-state index contributed by atoms with van der Waals surface area (Å²) in [6.07, 6.45) is 2.59. The van der Waals surface area contributed by atoms with Crippen molar-refractivity contribution in [1.29, 1.82) is 0 Å². The van der Waals surface area contributed by atoms with E-state index in [1.54, 1.807) is 0 Å². The zero-order valence-electron chi connectivity index (χ0n) is 12.6. The van der Waals surface area contributed by atoms with Crippen molar-refractivity contribution in [2.75, 3.05) is 29.5 Å². The van der Waals surface area contributed by atoms with Gasteiger partial charge in [-0.05, 0) is 44.6 Å². The highest BCUT2D eigenvalue weighted by Crippen LogP contribution is 2.38. The summed E-state index contributed by atoms with van der Waals surface area (Å²) in [7, 11) is 0. The summed E-state index contributed by atoms with van der Waals surface area (Å²) in [6, 6.07) is 8.17. The van der Waals surface area contributed by atoms with Gasteiger partial charge >= 0.3 is 0 Å². The standard InChI is InChI=1S/C16H22N4S/c1-3-17-15-19-13-8-5-4-7-12(13)14(20-15)18-11-16(2)9-6-10-21-16/h4-5,7-8H,3,6,9-11H2,1-2H3,(H2,17,18,19,20). The summed E-state index contributed by atoms with van der Waals surface area (Å²) in [5.41, 5.74) is 0.982. The predicted molar refractivity (Wildman–Crippen MR) is 92.3 cm³/mol. The quantitative estimate of drug-likeness (QED) is 0.880. The SMILES string of the molecule is CCNc1nc(NCC2(C)CCCS2)c2ccccc2n1. The van der Waals surface area contributed by atoms with E-state index in [4.69, 9.17) is 0 Å². The molecule has 2 heterocycles. The molecule has 0 radical (unpaired) electrons. The van der Waals surface area contributed by atoms with Crippen LogP contribution in [0.1, 0.15) is 26.7 Å². The number of rotatable bonds is 5. The Balaban J connectivity index is 1.88. The van der Waals surface area contributed by atoms with Crippen LogP contribution < -0.4 is 10.6 Å². The van der Waals surface area contributed by atoms with Crippen molar-refractivity contribution in [3.8, 4) is 0 Å². The molecule has 21 heavy (non-hydrogen) atoms. The van der Waals surface area contributed by atoms with Crippen LogP contribution in [0.25, 0.3) is 10.9 Å². The summed E-state index contributed by atoms with van der Waals surface area (Å²) in [5.74, 6) is 2.90. The number of para-hydroxylation sites is 1. The molecule has 1 fully saturated rings. The molecule has 112 valence electrons. The molecule has 2 aromatic rings. The highest BCUT2D eigenvalue weighted by Gasteiger charge is 2.29. The Labute approximate surface area is 130 Å². The Morgan fingerprint density at radius 3 is 2.86 bits per heavy atom. The van der Waals surface area contributed by atoms with Gasteiger partial charge in [0.2, 0.25) is 5.95 Å². The van der Waals surface area contributed by atoms with Crippen molar-refractivity contribution in [3.05, 3.63) is 24.3 Å². The molecule has 5 heteroatoms. The van der Waals surface area contributed by atoms with E-state index in [0.29, 0.717) is 10.7 Å². The van der Waals surface area contributed by atoms with Crippen LogP contribution in [0.15, 0.2) is 24.3 Å². The van der Waals surface area contributed by atoms with Gasteiger partial charge in [0.05, 0.1) is 5.52 Å². The normalized spacial score (nSPS) is 21.6. The molecule has 1 aliphatic heterocycles. The first-order valence-corrected chi connectivity index (χ1v) is 8.57. The van der Waals surface area contributed by atoms with Crippen molar-refractivity contribution >= 4 is 34.4 Å². The molecule has 1 aromatic heterocycles. The average Bonchev–Trinajstić information content (AvgIpc) is 2.92. The molecule has 1 atom stereocenters. The van der Waals surface area contributed by atoms with Crippen LogP contribution in [-0.2, 0) is 0 Å². The van der Waals surface area contributed by atoms with Gasteiger partial charge in [0.25, 0.3) is 0 Å². The molecule has 4 nitrogen and oxygen atoms in total. The van der Waals surface area contributed by atoms with Gasteiger partial charge in [0.1, 0.15) is 5.82 Å². The van der Waals surface area contributed by atoms with Crippen molar-refractivity contribution in [2.24, 2.45) is 0 Å². The number of thioether (sulfide) groups is 1. The third-order valence-corrected chi connectivity index (χ3v) is 5.41. The van der Waals surface area contributed by atoms with Gasteiger partial charge in [0, 0.05) is 23.2 Å². The molecule has 3 rings (SSSR count). The Hall–Kier alpha value is -1.49. The van der Waals surface area contributed by atoms with Gasteiger partial charge in [-0.15, -0.1) is 0 Å². The second-order valence-corrected chi connectivity index (χ2v) is 7.38. The van der Waals surface area contributed by atoms with Crippen LogP contribution in [0.5, 0.6) is 0 Å². The summed E-state index contributed by atoms with van der Waals surface area (Å²) in [6.45, 7) is 6.17. The van der Waals surface area contributed by atoms with Gasteiger partial charge in [-0.1, -0.05) is 12.1 Å². The van der Waals surface area contributed by atoms with E-state index in [1.807, 2.05) is 18.2 Å². The number of anilines is 2. The van der Waals surface area contributed by atoms with Crippen LogP contribution in [0.4, 0.5) is 11.8 Å². The fraction of sp³-hybridized carbons (Fsp3) is 0.500. The first kappa shape index (κ1) is 14.4. The molecule has 0 saturated carbocycles. The largest absolute Gasteiger partial charge is 0.368 e. The Morgan fingerprint density at radius 1 is 1.24 bits per heavy atom. The monoisotopic (exact) mass is 302 g/mol. The van der Waals surface area contributed by atoms with E-state index >= 15 is 0 Å². The van der Waals surface area contributed by atoms with E-state index < -0.39 is 0 Å². The van der Waals surface area contributed by atoms with Gasteiger partial charge < -0.3 is 10.6 Å². The third kappa shape index (κ3) is 3.23. The van der Waals surface area contributed by atoms with E-state index in [9.17, 15) is 0 Å². The van der Waals surface area contributed by atoms with Gasteiger partial charge in [0.15, 0.2) is 0 Å². The minimum atomic E-state index is 0.324. The molecule has 1 aliphatic rings. The molecule has 0 bridgehead atoms. The maximum absolute atomic E-state index is 4.64. The van der Waals surface area contributed by atoms with Crippen LogP contribution in [0, 0.1) is 0 Å². The molecule has 0 amide bonds. The maximum Gasteiger partial charge on any atom is 0.225 e. The number of nitrogens with zero attached hydrogens (tertiary/aromatic N) is 2. The number of fused-ring (bicyclic) bond motifs is 1. The summed E-state index contributed by atoms with van der Waals surface area (Å²) in [4.78, 5) is 9.20. The lowest BCUT2D eigenvalue weighted by atomic mass is 10.1. The zero-order valence-corrected chi connectivity index (χ0v) is 13.5.